The van der Waals surface area contributed by atoms with Gasteiger partial charge in [0, 0.05) is 6.92 Å². The van der Waals surface area contributed by atoms with Crippen molar-refractivity contribution in [1.82, 2.24) is 4.57 Å². The van der Waals surface area contributed by atoms with E-state index in [4.69, 9.17) is 18.9 Å². The Morgan fingerprint density at radius 2 is 1.85 bits per heavy atom. The summed E-state index contributed by atoms with van der Waals surface area (Å²) in [4.78, 5) is 43.8. The molecule has 2 heterocycles. The molecule has 2 aromatic carbocycles. The first-order chi connectivity index (χ1) is 19.5. The maximum atomic E-state index is 13.9. The quantitative estimate of drug-likeness (QED) is 0.185. The van der Waals surface area contributed by atoms with Gasteiger partial charge in [0.25, 0.3) is 5.56 Å². The second-order valence-electron chi connectivity index (χ2n) is 9.39. The van der Waals surface area contributed by atoms with Crippen LogP contribution in [0.25, 0.3) is 6.08 Å². The van der Waals surface area contributed by atoms with Crippen LogP contribution in [-0.4, -0.2) is 35.8 Å². The average molecular weight is 691 g/mol. The lowest BCUT2D eigenvalue weighted by atomic mass is 9.96. The first-order valence-electron chi connectivity index (χ1n) is 13.1. The molecular weight excluding hydrogens is 659 g/mol. The highest BCUT2D eigenvalue weighted by Gasteiger charge is 2.33. The maximum absolute atomic E-state index is 13.9. The molecule has 0 N–H and O–H groups in total. The van der Waals surface area contributed by atoms with E-state index in [1.807, 2.05) is 45.0 Å². The summed E-state index contributed by atoms with van der Waals surface area (Å²) in [7, 11) is 0. The smallest absolute Gasteiger partial charge is 0.338 e. The number of hydrogen-bond acceptors (Lipinski definition) is 9. The van der Waals surface area contributed by atoms with E-state index in [1.165, 1.54) is 22.8 Å². The van der Waals surface area contributed by atoms with Crippen molar-refractivity contribution in [1.29, 1.82) is 0 Å². The van der Waals surface area contributed by atoms with Crippen molar-refractivity contribution in [2.45, 2.75) is 53.7 Å². The number of nitrogens with zero attached hydrogens (tertiary/aromatic N) is 2. The molecule has 1 atom stereocenters. The SMILES string of the molecule is CCOC(=O)C1=C(C)N=c2s/c(=C\c3cc(I)c(OC(C)=O)c(OCC)c3)c(=O)n2[C@H]1c1ccc(OC(C)C)cc1. The minimum absolute atomic E-state index is 0.00477. The molecule has 0 radical (unpaired) electrons. The van der Waals surface area contributed by atoms with E-state index in [0.717, 1.165) is 5.56 Å². The molecule has 0 unspecified atom stereocenters. The van der Waals surface area contributed by atoms with Crippen LogP contribution in [0.1, 0.15) is 58.7 Å². The van der Waals surface area contributed by atoms with Crippen LogP contribution in [-0.2, 0) is 14.3 Å². The van der Waals surface area contributed by atoms with Gasteiger partial charge in [-0.1, -0.05) is 23.5 Å². The summed E-state index contributed by atoms with van der Waals surface area (Å²) < 4.78 is 24.9. The molecule has 0 saturated heterocycles. The number of allylic oxidation sites excluding steroid dienone is 1. The summed E-state index contributed by atoms with van der Waals surface area (Å²) in [5.41, 5.74) is 1.91. The topological polar surface area (TPSA) is 105 Å². The third-order valence-electron chi connectivity index (χ3n) is 5.96. The molecule has 1 aromatic heterocycles. The van der Waals surface area contributed by atoms with Gasteiger partial charge >= 0.3 is 11.9 Å². The fourth-order valence-electron chi connectivity index (χ4n) is 4.44. The maximum Gasteiger partial charge on any atom is 0.338 e. The lowest BCUT2D eigenvalue weighted by Crippen LogP contribution is -2.39. The zero-order valence-corrected chi connectivity index (χ0v) is 26.6. The van der Waals surface area contributed by atoms with Crippen molar-refractivity contribution in [2.24, 2.45) is 4.99 Å². The fourth-order valence-corrected chi connectivity index (χ4v) is 6.22. The minimum Gasteiger partial charge on any atom is -0.491 e. The summed E-state index contributed by atoms with van der Waals surface area (Å²) in [5, 5.41) is 0. The fraction of sp³-hybridized carbons (Fsp3) is 0.333. The van der Waals surface area contributed by atoms with E-state index < -0.39 is 18.0 Å². The van der Waals surface area contributed by atoms with Crippen LogP contribution >= 0.6 is 33.9 Å². The van der Waals surface area contributed by atoms with Gasteiger partial charge in [0.2, 0.25) is 0 Å². The van der Waals surface area contributed by atoms with Crippen molar-refractivity contribution >= 4 is 51.9 Å². The second kappa shape index (κ2) is 13.0. The number of rotatable bonds is 9. The number of esters is 2. The lowest BCUT2D eigenvalue weighted by Gasteiger charge is -2.25. The number of hydrogen-bond donors (Lipinski definition) is 0. The summed E-state index contributed by atoms with van der Waals surface area (Å²) in [6, 6.07) is 10.1. The van der Waals surface area contributed by atoms with Gasteiger partial charge in [-0.15, -0.1) is 0 Å². The van der Waals surface area contributed by atoms with Crippen molar-refractivity contribution in [3.63, 3.8) is 0 Å². The Labute approximate surface area is 255 Å². The Kier molecular flexibility index (Phi) is 9.69. The first kappa shape index (κ1) is 30.5. The third-order valence-corrected chi connectivity index (χ3v) is 7.74. The summed E-state index contributed by atoms with van der Waals surface area (Å²) in [6.45, 7) is 11.1. The molecule has 0 fully saturated rings. The zero-order valence-electron chi connectivity index (χ0n) is 23.6. The van der Waals surface area contributed by atoms with Crippen LogP contribution in [0.2, 0.25) is 0 Å². The molecule has 1 aliphatic heterocycles. The molecule has 1 aliphatic rings. The van der Waals surface area contributed by atoms with Gasteiger partial charge in [0.05, 0.1) is 44.7 Å². The van der Waals surface area contributed by atoms with Crippen molar-refractivity contribution in [3.8, 4) is 17.2 Å². The van der Waals surface area contributed by atoms with Gasteiger partial charge < -0.3 is 18.9 Å². The summed E-state index contributed by atoms with van der Waals surface area (Å²) >= 11 is 3.30. The molecule has 0 aliphatic carbocycles. The van der Waals surface area contributed by atoms with Crippen LogP contribution < -0.4 is 29.1 Å². The van der Waals surface area contributed by atoms with Gasteiger partial charge in [-0.25, -0.2) is 9.79 Å². The van der Waals surface area contributed by atoms with E-state index in [9.17, 15) is 14.4 Å². The molecule has 3 aromatic rings. The van der Waals surface area contributed by atoms with Crippen molar-refractivity contribution in [2.75, 3.05) is 13.2 Å². The molecule has 0 amide bonds. The number of carbonyl (C=O) groups excluding carboxylic acids is 2. The normalized spacial score (nSPS) is 14.9. The Morgan fingerprint density at radius 3 is 2.46 bits per heavy atom. The van der Waals surface area contributed by atoms with Crippen LogP contribution in [0.15, 0.2) is 57.5 Å². The predicted molar refractivity (Wildman–Crippen MR) is 164 cm³/mol. The van der Waals surface area contributed by atoms with Crippen LogP contribution in [0, 0.1) is 3.57 Å². The lowest BCUT2D eigenvalue weighted by molar-refractivity contribution is -0.139. The number of thiazole rings is 1. The highest BCUT2D eigenvalue weighted by Crippen LogP contribution is 2.35. The molecular formula is C30H31IN2O7S. The van der Waals surface area contributed by atoms with Crippen LogP contribution in [0.4, 0.5) is 0 Å². The molecule has 11 heteroatoms. The number of benzene rings is 2. The Hall–Kier alpha value is -3.45. The molecule has 0 bridgehead atoms. The van der Waals surface area contributed by atoms with Crippen LogP contribution in [0.3, 0.4) is 0 Å². The number of carbonyl (C=O) groups is 2. The highest BCUT2D eigenvalue weighted by atomic mass is 127. The number of aromatic nitrogens is 1. The van der Waals surface area contributed by atoms with Gasteiger partial charge in [-0.3, -0.25) is 14.2 Å². The first-order valence-corrected chi connectivity index (χ1v) is 15.0. The number of fused-ring (bicyclic) bond motifs is 1. The van der Waals surface area contributed by atoms with Gasteiger partial charge in [0.1, 0.15) is 5.75 Å². The standard InChI is InChI=1S/C30H31IN2O7S/c1-7-37-23-14-19(13-22(31)27(23)40-18(6)34)15-24-28(35)33-26(20-9-11-21(12-10-20)39-16(3)4)25(29(36)38-8-2)17(5)32-30(33)41-24/h9-16,26H,7-8H2,1-6H3/b24-15-/t26-/m0/s1. The molecule has 0 spiro atoms. The van der Waals surface area contributed by atoms with Gasteiger partial charge in [-0.2, -0.15) is 0 Å². The van der Waals surface area contributed by atoms with Gasteiger partial charge in [0.15, 0.2) is 16.3 Å². The molecule has 9 nitrogen and oxygen atoms in total. The second-order valence-corrected chi connectivity index (χ2v) is 11.6. The number of halogens is 1. The monoisotopic (exact) mass is 690 g/mol. The zero-order chi connectivity index (χ0) is 29.8. The van der Waals surface area contributed by atoms with E-state index in [-0.39, 0.29) is 18.3 Å². The Morgan fingerprint density at radius 1 is 1.15 bits per heavy atom. The Bertz CT molecular complexity index is 1690. The third kappa shape index (κ3) is 6.72. The average Bonchev–Trinajstić information content (AvgIpc) is 3.19. The predicted octanol–water partition coefficient (Wildman–Crippen LogP) is 4.51. The van der Waals surface area contributed by atoms with E-state index in [1.54, 1.807) is 32.1 Å². The van der Waals surface area contributed by atoms with E-state index in [0.29, 0.717) is 53.6 Å². The largest absolute Gasteiger partial charge is 0.491 e. The van der Waals surface area contributed by atoms with E-state index in [2.05, 4.69) is 27.6 Å². The van der Waals surface area contributed by atoms with Gasteiger partial charge in [-0.05, 0) is 98.7 Å². The summed E-state index contributed by atoms with van der Waals surface area (Å²) in [6.07, 6.45) is 1.75. The Balaban J connectivity index is 1.88. The molecule has 216 valence electrons. The van der Waals surface area contributed by atoms with E-state index >= 15 is 0 Å². The van der Waals surface area contributed by atoms with Crippen molar-refractivity contribution in [3.05, 3.63) is 82.1 Å². The molecule has 4 rings (SSSR count). The highest BCUT2D eigenvalue weighted by molar-refractivity contribution is 14.1. The van der Waals surface area contributed by atoms with Crippen molar-refractivity contribution < 1.29 is 28.5 Å². The summed E-state index contributed by atoms with van der Waals surface area (Å²) in [5.74, 6) is 0.439. The molecule has 41 heavy (non-hydrogen) atoms. The molecule has 0 saturated carbocycles. The minimum atomic E-state index is -0.731. The number of ether oxygens (including phenoxy) is 4. The van der Waals surface area contributed by atoms with Crippen LogP contribution in [0.5, 0.6) is 17.2 Å².